The SMILES string of the molecule is CC(CCl)CS(=O)(=O)Nc1ccc(Cl)nn1. The minimum absolute atomic E-state index is 0.0548. The zero-order valence-electron chi connectivity index (χ0n) is 8.52. The molecule has 1 heterocycles. The van der Waals surface area contributed by atoms with E-state index < -0.39 is 10.0 Å². The molecule has 0 aromatic carbocycles. The second kappa shape index (κ2) is 5.65. The van der Waals surface area contributed by atoms with Gasteiger partial charge in [0.1, 0.15) is 0 Å². The van der Waals surface area contributed by atoms with Gasteiger partial charge < -0.3 is 0 Å². The van der Waals surface area contributed by atoms with Crippen molar-refractivity contribution >= 4 is 39.0 Å². The summed E-state index contributed by atoms with van der Waals surface area (Å²) in [6.07, 6.45) is 0. The molecule has 0 aliphatic rings. The minimum atomic E-state index is -3.44. The van der Waals surface area contributed by atoms with Crippen molar-refractivity contribution < 1.29 is 8.42 Å². The highest BCUT2D eigenvalue weighted by Gasteiger charge is 2.15. The fourth-order valence-electron chi connectivity index (χ4n) is 0.991. The number of nitrogens with zero attached hydrogens (tertiary/aromatic N) is 2. The van der Waals surface area contributed by atoms with Gasteiger partial charge >= 0.3 is 0 Å². The summed E-state index contributed by atoms with van der Waals surface area (Å²) in [4.78, 5) is 0. The summed E-state index contributed by atoms with van der Waals surface area (Å²) in [6, 6.07) is 2.90. The van der Waals surface area contributed by atoms with Crippen LogP contribution in [0.5, 0.6) is 0 Å². The molecule has 0 saturated carbocycles. The van der Waals surface area contributed by atoms with E-state index in [4.69, 9.17) is 23.2 Å². The van der Waals surface area contributed by atoms with Gasteiger partial charge in [-0.2, -0.15) is 0 Å². The highest BCUT2D eigenvalue weighted by Crippen LogP contribution is 2.10. The van der Waals surface area contributed by atoms with Crippen LogP contribution >= 0.6 is 23.2 Å². The number of halogens is 2. The Morgan fingerprint density at radius 2 is 2.12 bits per heavy atom. The molecule has 16 heavy (non-hydrogen) atoms. The number of hydrogen-bond donors (Lipinski definition) is 1. The summed E-state index contributed by atoms with van der Waals surface area (Å²) in [5.74, 6) is 0.249. The van der Waals surface area contributed by atoms with Gasteiger partial charge in [0.2, 0.25) is 10.0 Å². The molecule has 0 amide bonds. The molecule has 1 unspecified atom stereocenters. The predicted molar refractivity (Wildman–Crippen MR) is 64.3 cm³/mol. The molecular weight excluding hydrogens is 273 g/mol. The summed E-state index contributed by atoms with van der Waals surface area (Å²) in [5, 5.41) is 7.32. The van der Waals surface area contributed by atoms with Crippen LogP contribution in [0.3, 0.4) is 0 Å². The zero-order valence-corrected chi connectivity index (χ0v) is 10.8. The van der Waals surface area contributed by atoms with Crippen LogP contribution in [-0.2, 0) is 10.0 Å². The third-order valence-corrected chi connectivity index (χ3v) is 3.92. The first-order valence-electron chi connectivity index (χ1n) is 4.48. The maximum absolute atomic E-state index is 11.6. The maximum Gasteiger partial charge on any atom is 0.234 e. The predicted octanol–water partition coefficient (Wildman–Crippen LogP) is 1.75. The van der Waals surface area contributed by atoms with Crippen LogP contribution in [0.4, 0.5) is 5.82 Å². The third kappa shape index (κ3) is 4.51. The fourth-order valence-corrected chi connectivity index (χ4v) is 2.71. The van der Waals surface area contributed by atoms with Crippen molar-refractivity contribution in [1.82, 2.24) is 10.2 Å². The van der Waals surface area contributed by atoms with Crippen molar-refractivity contribution in [1.29, 1.82) is 0 Å². The molecule has 0 bridgehead atoms. The van der Waals surface area contributed by atoms with E-state index in [0.717, 1.165) is 0 Å². The summed E-state index contributed by atoms with van der Waals surface area (Å²) in [7, 11) is -3.44. The molecule has 0 fully saturated rings. The van der Waals surface area contributed by atoms with E-state index in [9.17, 15) is 8.42 Å². The second-order valence-corrected chi connectivity index (χ2v) is 5.85. The van der Waals surface area contributed by atoms with Crippen molar-refractivity contribution in [3.8, 4) is 0 Å². The number of rotatable bonds is 5. The summed E-state index contributed by atoms with van der Waals surface area (Å²) in [6.45, 7) is 1.75. The highest BCUT2D eigenvalue weighted by molar-refractivity contribution is 7.92. The van der Waals surface area contributed by atoms with Crippen LogP contribution in [0, 0.1) is 5.92 Å². The standard InChI is InChI=1S/C8H11Cl2N3O2S/c1-6(4-9)5-16(14,15)13-8-3-2-7(10)11-12-8/h2-3,6H,4-5H2,1H3,(H,12,13). The van der Waals surface area contributed by atoms with E-state index in [1.807, 2.05) is 0 Å². The maximum atomic E-state index is 11.6. The highest BCUT2D eigenvalue weighted by atomic mass is 35.5. The quantitative estimate of drug-likeness (QED) is 0.836. The van der Waals surface area contributed by atoms with E-state index in [2.05, 4.69) is 14.9 Å². The van der Waals surface area contributed by atoms with E-state index in [-0.39, 0.29) is 28.5 Å². The van der Waals surface area contributed by atoms with Crippen LogP contribution in [0.15, 0.2) is 12.1 Å². The van der Waals surface area contributed by atoms with E-state index >= 15 is 0 Å². The average molecular weight is 284 g/mol. The number of aromatic nitrogens is 2. The van der Waals surface area contributed by atoms with Crippen molar-refractivity contribution in [2.75, 3.05) is 16.4 Å². The molecule has 0 radical (unpaired) electrons. The molecule has 0 saturated heterocycles. The smallest absolute Gasteiger partial charge is 0.234 e. The first kappa shape index (κ1) is 13.5. The summed E-state index contributed by atoms with van der Waals surface area (Å²) in [5.41, 5.74) is 0. The summed E-state index contributed by atoms with van der Waals surface area (Å²) >= 11 is 11.1. The van der Waals surface area contributed by atoms with E-state index in [0.29, 0.717) is 0 Å². The van der Waals surface area contributed by atoms with Crippen molar-refractivity contribution in [3.63, 3.8) is 0 Å². The third-order valence-electron chi connectivity index (χ3n) is 1.66. The van der Waals surface area contributed by atoms with Crippen molar-refractivity contribution in [2.24, 2.45) is 5.92 Å². The minimum Gasteiger partial charge on any atom is -0.266 e. The Balaban J connectivity index is 2.69. The largest absolute Gasteiger partial charge is 0.266 e. The fraction of sp³-hybridized carbons (Fsp3) is 0.500. The van der Waals surface area contributed by atoms with Crippen LogP contribution < -0.4 is 4.72 Å². The first-order valence-corrected chi connectivity index (χ1v) is 7.05. The Morgan fingerprint density at radius 1 is 1.44 bits per heavy atom. The van der Waals surface area contributed by atoms with Gasteiger partial charge in [-0.05, 0) is 18.1 Å². The van der Waals surface area contributed by atoms with Crippen LogP contribution in [0.25, 0.3) is 0 Å². The molecule has 8 heteroatoms. The molecule has 90 valence electrons. The second-order valence-electron chi connectivity index (χ2n) is 3.38. The lowest BCUT2D eigenvalue weighted by Crippen LogP contribution is -2.22. The van der Waals surface area contributed by atoms with Gasteiger partial charge in [-0.1, -0.05) is 18.5 Å². The lowest BCUT2D eigenvalue weighted by atomic mass is 10.3. The average Bonchev–Trinajstić information content (AvgIpc) is 2.20. The zero-order chi connectivity index (χ0) is 12.2. The molecule has 1 rings (SSSR count). The van der Waals surface area contributed by atoms with Crippen LogP contribution in [-0.4, -0.2) is 30.2 Å². The molecule has 1 aromatic heterocycles. The van der Waals surface area contributed by atoms with Gasteiger partial charge in [-0.25, -0.2) is 8.42 Å². The monoisotopic (exact) mass is 283 g/mol. The van der Waals surface area contributed by atoms with E-state index in [1.165, 1.54) is 12.1 Å². The molecule has 1 aromatic rings. The first-order chi connectivity index (χ1) is 7.43. The Labute approximate surface area is 104 Å². The van der Waals surface area contributed by atoms with Crippen LogP contribution in [0.1, 0.15) is 6.92 Å². The Hall–Kier alpha value is -0.590. The molecule has 0 aliphatic carbocycles. The van der Waals surface area contributed by atoms with Gasteiger partial charge in [0.05, 0.1) is 5.75 Å². The van der Waals surface area contributed by atoms with Gasteiger partial charge in [-0.15, -0.1) is 21.8 Å². The Kier molecular flexibility index (Phi) is 4.76. The molecule has 5 nitrogen and oxygen atoms in total. The molecule has 0 aliphatic heterocycles. The normalized spacial score (nSPS) is 13.4. The molecule has 1 atom stereocenters. The number of anilines is 1. The van der Waals surface area contributed by atoms with E-state index in [1.54, 1.807) is 6.92 Å². The molecular formula is C8H11Cl2N3O2S. The Bertz CT molecular complexity index is 435. The van der Waals surface area contributed by atoms with Crippen molar-refractivity contribution in [3.05, 3.63) is 17.3 Å². The number of sulfonamides is 1. The van der Waals surface area contributed by atoms with Crippen molar-refractivity contribution in [2.45, 2.75) is 6.92 Å². The number of nitrogens with one attached hydrogen (secondary N) is 1. The summed E-state index contributed by atoms with van der Waals surface area (Å²) < 4.78 is 25.5. The van der Waals surface area contributed by atoms with Gasteiger partial charge in [-0.3, -0.25) is 4.72 Å². The van der Waals surface area contributed by atoms with Crippen LogP contribution in [0.2, 0.25) is 5.15 Å². The molecule has 1 N–H and O–H groups in total. The lowest BCUT2D eigenvalue weighted by Gasteiger charge is -2.09. The lowest BCUT2D eigenvalue weighted by molar-refractivity contribution is 0.588. The number of alkyl halides is 1. The number of hydrogen-bond acceptors (Lipinski definition) is 4. The van der Waals surface area contributed by atoms with Gasteiger partial charge in [0.15, 0.2) is 11.0 Å². The Morgan fingerprint density at radius 3 is 2.62 bits per heavy atom. The van der Waals surface area contributed by atoms with Gasteiger partial charge in [0, 0.05) is 5.88 Å². The molecule has 0 spiro atoms. The van der Waals surface area contributed by atoms with Gasteiger partial charge in [0.25, 0.3) is 0 Å². The topological polar surface area (TPSA) is 72.0 Å².